The summed E-state index contributed by atoms with van der Waals surface area (Å²) < 4.78 is 29.2. The molecule has 0 spiro atoms. The largest absolute Gasteiger partial charge is 0.377 e. The van der Waals surface area contributed by atoms with Gasteiger partial charge in [-0.15, -0.1) is 0 Å². The lowest BCUT2D eigenvalue weighted by atomic mass is 9.94. The number of hydrogen-bond acceptors (Lipinski definition) is 7. The van der Waals surface area contributed by atoms with E-state index in [1.165, 1.54) is 0 Å². The van der Waals surface area contributed by atoms with Gasteiger partial charge in [-0.05, 0) is 92.9 Å². The zero-order valence-corrected chi connectivity index (χ0v) is 28.9. The van der Waals surface area contributed by atoms with Gasteiger partial charge in [-0.3, -0.25) is 9.59 Å². The first-order valence-electron chi connectivity index (χ1n) is 16.1. The number of Topliss-reactive ketones (excluding diaryl/α,β-unsaturated/α-hetero) is 2. The molecule has 0 aromatic heterocycles. The van der Waals surface area contributed by atoms with E-state index in [0.717, 1.165) is 51.7 Å². The molecule has 0 saturated heterocycles. The zero-order chi connectivity index (χ0) is 31.7. The molecule has 0 heterocycles. The molecule has 0 atom stereocenters. The van der Waals surface area contributed by atoms with E-state index < -0.39 is 11.2 Å². The Balaban J connectivity index is 3.96. The van der Waals surface area contributed by atoms with Crippen LogP contribution in [0.25, 0.3) is 0 Å². The van der Waals surface area contributed by atoms with Crippen molar-refractivity contribution in [3.63, 3.8) is 0 Å². The molecule has 0 aromatic rings. The smallest absolute Gasteiger partial charge is 0.164 e. The summed E-state index contributed by atoms with van der Waals surface area (Å²) in [5, 5.41) is 0. The molecule has 0 aliphatic rings. The van der Waals surface area contributed by atoms with E-state index in [0.29, 0.717) is 51.1 Å². The molecule has 0 bridgehead atoms. The SMILES string of the molecule is CC(C)C(C)(C)OCCCCCC(=O)C(C)(C)OCCOCCOC(C)(C)C(=O)CCCCCOC(C)(C)C(C)C. The second kappa shape index (κ2) is 19.4. The summed E-state index contributed by atoms with van der Waals surface area (Å²) in [4.78, 5) is 25.2. The van der Waals surface area contributed by atoms with Crippen LogP contribution in [0.4, 0.5) is 0 Å². The third-order valence-corrected chi connectivity index (χ3v) is 8.55. The summed E-state index contributed by atoms with van der Waals surface area (Å²) in [5.41, 5.74) is -1.90. The molecule has 0 rings (SSSR count). The molecule has 0 unspecified atom stereocenters. The lowest BCUT2D eigenvalue weighted by Crippen LogP contribution is -2.37. The Morgan fingerprint density at radius 1 is 0.463 bits per heavy atom. The molecule has 244 valence electrons. The molecule has 0 N–H and O–H groups in total. The van der Waals surface area contributed by atoms with Crippen molar-refractivity contribution in [1.82, 2.24) is 0 Å². The van der Waals surface area contributed by atoms with Gasteiger partial charge in [0.2, 0.25) is 0 Å². The highest BCUT2D eigenvalue weighted by Crippen LogP contribution is 2.22. The molecular weight excluding hydrogens is 520 g/mol. The van der Waals surface area contributed by atoms with Crippen molar-refractivity contribution in [2.45, 2.75) is 157 Å². The normalized spacial score (nSPS) is 13.4. The summed E-state index contributed by atoms with van der Waals surface area (Å²) in [5.74, 6) is 1.15. The van der Waals surface area contributed by atoms with Crippen LogP contribution in [0, 0.1) is 11.8 Å². The summed E-state index contributed by atoms with van der Waals surface area (Å²) >= 11 is 0. The Hall–Kier alpha value is -0.860. The number of ether oxygens (including phenoxy) is 5. The van der Waals surface area contributed by atoms with E-state index in [1.54, 1.807) is 0 Å². The van der Waals surface area contributed by atoms with Gasteiger partial charge < -0.3 is 23.7 Å². The van der Waals surface area contributed by atoms with Crippen LogP contribution in [-0.4, -0.2) is 73.6 Å². The lowest BCUT2D eigenvalue weighted by Gasteiger charge is -2.29. The molecule has 0 aromatic carbocycles. The van der Waals surface area contributed by atoms with Crippen LogP contribution in [0.3, 0.4) is 0 Å². The maximum atomic E-state index is 12.6. The minimum Gasteiger partial charge on any atom is -0.377 e. The van der Waals surface area contributed by atoms with Crippen molar-refractivity contribution < 1.29 is 33.3 Å². The van der Waals surface area contributed by atoms with Gasteiger partial charge in [-0.1, -0.05) is 40.5 Å². The lowest BCUT2D eigenvalue weighted by molar-refractivity contribution is -0.145. The molecule has 0 aliphatic heterocycles. The van der Waals surface area contributed by atoms with Gasteiger partial charge in [0.1, 0.15) is 11.2 Å². The first kappa shape index (κ1) is 40.1. The van der Waals surface area contributed by atoms with E-state index in [-0.39, 0.29) is 22.8 Å². The first-order chi connectivity index (χ1) is 18.8. The van der Waals surface area contributed by atoms with Crippen molar-refractivity contribution in [1.29, 1.82) is 0 Å². The first-order valence-corrected chi connectivity index (χ1v) is 16.1. The molecule has 7 heteroatoms. The van der Waals surface area contributed by atoms with E-state index >= 15 is 0 Å². The van der Waals surface area contributed by atoms with Crippen LogP contribution in [0.1, 0.15) is 134 Å². The number of carbonyl (C=O) groups is 2. The topological polar surface area (TPSA) is 80.3 Å². The fraction of sp³-hybridized carbons (Fsp3) is 0.941. The van der Waals surface area contributed by atoms with Crippen LogP contribution in [0.15, 0.2) is 0 Å². The second-order valence-corrected chi connectivity index (χ2v) is 14.0. The van der Waals surface area contributed by atoms with Gasteiger partial charge >= 0.3 is 0 Å². The Bertz CT molecular complexity index is 663. The van der Waals surface area contributed by atoms with Crippen LogP contribution < -0.4 is 0 Å². The summed E-state index contributed by atoms with van der Waals surface area (Å²) in [6.07, 6.45) is 6.51. The standard InChI is InChI=1S/C34H66O7/c1-27(2)31(5,6)38-21-17-13-15-19-29(35)33(9,10)40-25-23-37-24-26-41-34(11,12)30(36)20-16-14-18-22-39-32(7,8)28(3)4/h27-28H,13-26H2,1-12H3. The zero-order valence-electron chi connectivity index (χ0n) is 28.9. The number of hydrogen-bond donors (Lipinski definition) is 0. The molecule has 0 saturated carbocycles. The fourth-order valence-corrected chi connectivity index (χ4v) is 3.71. The van der Waals surface area contributed by atoms with Gasteiger partial charge in [-0.25, -0.2) is 0 Å². The van der Waals surface area contributed by atoms with E-state index in [4.69, 9.17) is 23.7 Å². The quantitative estimate of drug-likeness (QED) is 0.0959. The molecule has 0 aliphatic carbocycles. The average Bonchev–Trinajstić information content (AvgIpc) is 2.86. The maximum Gasteiger partial charge on any atom is 0.164 e. The minimum atomic E-state index is -0.832. The molecular formula is C34H66O7. The highest BCUT2D eigenvalue weighted by Gasteiger charge is 2.29. The predicted octanol–water partition coefficient (Wildman–Crippen LogP) is 7.75. The molecule has 0 amide bonds. The van der Waals surface area contributed by atoms with Crippen LogP contribution >= 0.6 is 0 Å². The number of unbranched alkanes of at least 4 members (excludes halogenated alkanes) is 4. The van der Waals surface area contributed by atoms with E-state index in [2.05, 4.69) is 55.4 Å². The molecule has 41 heavy (non-hydrogen) atoms. The molecule has 7 nitrogen and oxygen atoms in total. The fourth-order valence-electron chi connectivity index (χ4n) is 3.71. The third kappa shape index (κ3) is 17.8. The van der Waals surface area contributed by atoms with Gasteiger partial charge in [0.25, 0.3) is 0 Å². The second-order valence-electron chi connectivity index (χ2n) is 14.0. The predicted molar refractivity (Wildman–Crippen MR) is 168 cm³/mol. The van der Waals surface area contributed by atoms with Gasteiger partial charge in [0, 0.05) is 26.1 Å². The minimum absolute atomic E-state index is 0.108. The van der Waals surface area contributed by atoms with Gasteiger partial charge in [-0.2, -0.15) is 0 Å². The number of rotatable bonds is 26. The summed E-state index contributed by atoms with van der Waals surface area (Å²) in [6.45, 7) is 27.3. The highest BCUT2D eigenvalue weighted by molar-refractivity contribution is 5.86. The molecule has 0 radical (unpaired) electrons. The number of ketones is 2. The van der Waals surface area contributed by atoms with Gasteiger partial charge in [0.05, 0.1) is 37.6 Å². The van der Waals surface area contributed by atoms with Gasteiger partial charge in [0.15, 0.2) is 11.6 Å². The Morgan fingerprint density at radius 2 is 0.805 bits per heavy atom. The van der Waals surface area contributed by atoms with Crippen molar-refractivity contribution in [3.05, 3.63) is 0 Å². The molecule has 0 fully saturated rings. The van der Waals surface area contributed by atoms with Crippen molar-refractivity contribution in [3.8, 4) is 0 Å². The van der Waals surface area contributed by atoms with Crippen LogP contribution in [0.5, 0.6) is 0 Å². The average molecular weight is 587 g/mol. The highest BCUT2D eigenvalue weighted by atomic mass is 16.6. The van der Waals surface area contributed by atoms with E-state index in [9.17, 15) is 9.59 Å². The maximum absolute atomic E-state index is 12.6. The Labute approximate surface area is 253 Å². The van der Waals surface area contributed by atoms with Crippen molar-refractivity contribution >= 4 is 11.6 Å². The van der Waals surface area contributed by atoms with Crippen molar-refractivity contribution in [2.24, 2.45) is 11.8 Å². The van der Waals surface area contributed by atoms with Crippen LogP contribution in [-0.2, 0) is 33.3 Å². The van der Waals surface area contributed by atoms with Crippen molar-refractivity contribution in [2.75, 3.05) is 39.6 Å². The third-order valence-electron chi connectivity index (χ3n) is 8.55. The Morgan fingerprint density at radius 3 is 1.12 bits per heavy atom. The van der Waals surface area contributed by atoms with Crippen LogP contribution in [0.2, 0.25) is 0 Å². The Kier molecular flexibility index (Phi) is 19.0. The summed E-state index contributed by atoms with van der Waals surface area (Å²) in [6, 6.07) is 0. The van der Waals surface area contributed by atoms with E-state index in [1.807, 2.05) is 27.7 Å². The monoisotopic (exact) mass is 586 g/mol. The number of carbonyl (C=O) groups excluding carboxylic acids is 2. The summed E-state index contributed by atoms with van der Waals surface area (Å²) in [7, 11) is 0.